The number of amides is 2. The summed E-state index contributed by atoms with van der Waals surface area (Å²) in [4.78, 5) is 37.3. The molecule has 4 rings (SSSR count). The minimum Gasteiger partial charge on any atom is -0.266 e. The number of hydrogen-bond acceptors (Lipinski definition) is 6. The van der Waals surface area contributed by atoms with Crippen molar-refractivity contribution in [3.8, 4) is 0 Å². The highest BCUT2D eigenvalue weighted by Crippen LogP contribution is 2.31. The molecule has 146 valence electrons. The topological polar surface area (TPSA) is 84.0 Å². The van der Waals surface area contributed by atoms with Gasteiger partial charge in [-0.3, -0.25) is 20.4 Å². The van der Waals surface area contributed by atoms with E-state index in [1.165, 1.54) is 52.4 Å². The Morgan fingerprint density at radius 2 is 1.71 bits per heavy atom. The molecule has 0 fully saturated rings. The Hall–Kier alpha value is -2.32. The molecule has 0 spiro atoms. The summed E-state index contributed by atoms with van der Waals surface area (Å²) in [6.45, 7) is 5.64. The third kappa shape index (κ3) is 3.54. The van der Waals surface area contributed by atoms with Crippen molar-refractivity contribution in [2.24, 2.45) is 0 Å². The zero-order valence-corrected chi connectivity index (χ0v) is 17.8. The molecule has 0 atom stereocenters. The lowest BCUT2D eigenvalue weighted by Gasteiger charge is -2.05. The molecule has 0 aliphatic heterocycles. The number of hydrogen-bond donors (Lipinski definition) is 2. The first-order valence-corrected chi connectivity index (χ1v) is 11.0. The molecule has 1 aliphatic carbocycles. The van der Waals surface area contributed by atoms with Crippen molar-refractivity contribution in [1.29, 1.82) is 0 Å². The van der Waals surface area contributed by atoms with Crippen molar-refractivity contribution in [2.45, 2.75) is 52.9 Å². The van der Waals surface area contributed by atoms with Crippen LogP contribution in [0.2, 0.25) is 0 Å². The Balaban J connectivity index is 1.49. The lowest BCUT2D eigenvalue weighted by Crippen LogP contribution is -2.41. The summed E-state index contributed by atoms with van der Waals surface area (Å²) in [6.07, 6.45) is 5.68. The van der Waals surface area contributed by atoms with E-state index in [9.17, 15) is 9.59 Å². The van der Waals surface area contributed by atoms with E-state index in [2.05, 4.69) is 20.8 Å². The molecule has 2 amide bonds. The standard InChI is InChI=1S/C20H22N4O2S2/c1-10-16-11(2)21-12(3)22-20(16)28-17(10)19(26)24-23-18(25)15-9-13-7-5-4-6-8-14(13)27-15/h9H,4-8H2,1-3H3,(H,23,25)(H,24,26). The van der Waals surface area contributed by atoms with Crippen LogP contribution in [0, 0.1) is 20.8 Å². The number of nitrogens with one attached hydrogen (secondary N) is 2. The van der Waals surface area contributed by atoms with Gasteiger partial charge < -0.3 is 0 Å². The summed E-state index contributed by atoms with van der Waals surface area (Å²) in [6, 6.07) is 1.97. The second-order valence-electron chi connectivity index (χ2n) is 7.12. The summed E-state index contributed by atoms with van der Waals surface area (Å²) >= 11 is 2.86. The van der Waals surface area contributed by atoms with Gasteiger partial charge >= 0.3 is 0 Å². The van der Waals surface area contributed by atoms with Crippen LogP contribution >= 0.6 is 22.7 Å². The number of aryl methyl sites for hydroxylation is 5. The van der Waals surface area contributed by atoms with Crippen molar-refractivity contribution in [1.82, 2.24) is 20.8 Å². The second-order valence-corrected chi connectivity index (χ2v) is 9.26. The molecule has 3 aromatic rings. The van der Waals surface area contributed by atoms with Crippen molar-refractivity contribution in [3.05, 3.63) is 43.3 Å². The highest BCUT2D eigenvalue weighted by atomic mass is 32.1. The van der Waals surface area contributed by atoms with Gasteiger partial charge in [-0.1, -0.05) is 6.42 Å². The third-order valence-corrected chi connectivity index (χ3v) is 7.47. The average Bonchev–Trinajstić information content (AvgIpc) is 3.13. The van der Waals surface area contributed by atoms with Gasteiger partial charge in [0.2, 0.25) is 0 Å². The first-order chi connectivity index (χ1) is 13.4. The van der Waals surface area contributed by atoms with E-state index < -0.39 is 0 Å². The predicted molar refractivity (Wildman–Crippen MR) is 112 cm³/mol. The zero-order chi connectivity index (χ0) is 19.8. The van der Waals surface area contributed by atoms with Crippen LogP contribution < -0.4 is 10.9 Å². The number of fused-ring (bicyclic) bond motifs is 2. The van der Waals surface area contributed by atoms with E-state index in [4.69, 9.17) is 0 Å². The van der Waals surface area contributed by atoms with Crippen LogP contribution in [0.3, 0.4) is 0 Å². The minimum atomic E-state index is -0.330. The Morgan fingerprint density at radius 1 is 0.964 bits per heavy atom. The summed E-state index contributed by atoms with van der Waals surface area (Å²) < 4.78 is 0. The van der Waals surface area contributed by atoms with E-state index >= 15 is 0 Å². The number of aromatic nitrogens is 2. The number of rotatable bonds is 2. The molecule has 6 nitrogen and oxygen atoms in total. The van der Waals surface area contributed by atoms with Gasteiger partial charge in [0.1, 0.15) is 10.7 Å². The smallest absolute Gasteiger partial charge is 0.266 e. The van der Waals surface area contributed by atoms with Gasteiger partial charge in [-0.05, 0) is 63.6 Å². The molecule has 2 N–H and O–H groups in total. The van der Waals surface area contributed by atoms with Crippen LogP contribution in [-0.4, -0.2) is 21.8 Å². The largest absolute Gasteiger partial charge is 0.280 e. The number of thiophene rings is 2. The first kappa shape index (κ1) is 19.0. The maximum absolute atomic E-state index is 12.6. The molecule has 3 heterocycles. The molecule has 0 bridgehead atoms. The van der Waals surface area contributed by atoms with Gasteiger partial charge in [-0.25, -0.2) is 9.97 Å². The van der Waals surface area contributed by atoms with Crippen LogP contribution in [0.5, 0.6) is 0 Å². The van der Waals surface area contributed by atoms with Crippen LogP contribution in [0.4, 0.5) is 0 Å². The lowest BCUT2D eigenvalue weighted by molar-refractivity contribution is 0.0851. The predicted octanol–water partition coefficient (Wildman–Crippen LogP) is 4.02. The molecule has 3 aromatic heterocycles. The SMILES string of the molecule is Cc1nc(C)c2c(C)c(C(=O)NNC(=O)c3cc4c(s3)CCCCC4)sc2n1. The Labute approximate surface area is 171 Å². The monoisotopic (exact) mass is 414 g/mol. The maximum atomic E-state index is 12.6. The van der Waals surface area contributed by atoms with Crippen LogP contribution in [0.15, 0.2) is 6.07 Å². The fourth-order valence-electron chi connectivity index (χ4n) is 3.70. The molecular weight excluding hydrogens is 392 g/mol. The maximum Gasteiger partial charge on any atom is 0.280 e. The van der Waals surface area contributed by atoms with E-state index in [1.807, 2.05) is 26.8 Å². The van der Waals surface area contributed by atoms with Gasteiger partial charge in [0.05, 0.1) is 9.75 Å². The molecule has 0 saturated carbocycles. The molecule has 0 saturated heterocycles. The number of hydrazine groups is 1. The summed E-state index contributed by atoms with van der Waals surface area (Å²) in [5.74, 6) is 0.0880. The van der Waals surface area contributed by atoms with E-state index in [0.29, 0.717) is 15.6 Å². The molecule has 0 radical (unpaired) electrons. The van der Waals surface area contributed by atoms with Gasteiger partial charge in [-0.2, -0.15) is 0 Å². The highest BCUT2D eigenvalue weighted by molar-refractivity contribution is 7.20. The second kappa shape index (κ2) is 7.60. The highest BCUT2D eigenvalue weighted by Gasteiger charge is 2.20. The van der Waals surface area contributed by atoms with Crippen LogP contribution in [0.1, 0.15) is 66.1 Å². The fraction of sp³-hybridized carbons (Fsp3) is 0.400. The third-order valence-electron chi connectivity index (χ3n) is 5.05. The molecule has 28 heavy (non-hydrogen) atoms. The van der Waals surface area contributed by atoms with Crippen LogP contribution in [-0.2, 0) is 12.8 Å². The quantitative estimate of drug-likeness (QED) is 0.490. The van der Waals surface area contributed by atoms with Gasteiger partial charge in [-0.15, -0.1) is 22.7 Å². The lowest BCUT2D eigenvalue weighted by atomic mass is 10.1. The van der Waals surface area contributed by atoms with Crippen molar-refractivity contribution in [2.75, 3.05) is 0 Å². The van der Waals surface area contributed by atoms with E-state index in [0.717, 1.165) is 34.3 Å². The number of carbonyl (C=O) groups is 2. The molecule has 0 unspecified atom stereocenters. The van der Waals surface area contributed by atoms with Gasteiger partial charge in [0.25, 0.3) is 11.8 Å². The van der Waals surface area contributed by atoms with E-state index in [-0.39, 0.29) is 11.8 Å². The summed E-state index contributed by atoms with van der Waals surface area (Å²) in [7, 11) is 0. The Morgan fingerprint density at radius 3 is 2.54 bits per heavy atom. The molecular formula is C20H22N4O2S2. The summed E-state index contributed by atoms with van der Waals surface area (Å²) in [5, 5.41) is 0.911. The minimum absolute atomic E-state index is 0.267. The van der Waals surface area contributed by atoms with Gasteiger partial charge in [0.15, 0.2) is 0 Å². The summed E-state index contributed by atoms with van der Waals surface area (Å²) in [5.41, 5.74) is 8.10. The van der Waals surface area contributed by atoms with Crippen molar-refractivity contribution in [3.63, 3.8) is 0 Å². The molecule has 1 aliphatic rings. The van der Waals surface area contributed by atoms with Crippen molar-refractivity contribution < 1.29 is 9.59 Å². The normalized spacial score (nSPS) is 13.8. The molecule has 8 heteroatoms. The molecule has 0 aromatic carbocycles. The Kier molecular flexibility index (Phi) is 5.16. The zero-order valence-electron chi connectivity index (χ0n) is 16.1. The Bertz CT molecular complexity index is 1060. The van der Waals surface area contributed by atoms with Crippen LogP contribution in [0.25, 0.3) is 10.2 Å². The van der Waals surface area contributed by atoms with E-state index in [1.54, 1.807) is 0 Å². The first-order valence-electron chi connectivity index (χ1n) is 9.40. The average molecular weight is 415 g/mol. The van der Waals surface area contributed by atoms with Crippen molar-refractivity contribution >= 4 is 44.7 Å². The number of carbonyl (C=O) groups excluding carboxylic acids is 2. The van der Waals surface area contributed by atoms with Gasteiger partial charge in [0, 0.05) is 16.0 Å². The number of nitrogens with zero attached hydrogens (tertiary/aromatic N) is 2. The fourth-order valence-corrected chi connectivity index (χ4v) is 6.02.